The van der Waals surface area contributed by atoms with Gasteiger partial charge in [0.15, 0.2) is 4.77 Å². The molecule has 102 valence electrons. The summed E-state index contributed by atoms with van der Waals surface area (Å²) in [6.07, 6.45) is 2.18. The zero-order valence-electron chi connectivity index (χ0n) is 11.6. The minimum absolute atomic E-state index is 0.818. The number of rotatable bonds is 4. The highest BCUT2D eigenvalue weighted by molar-refractivity contribution is 7.71. The van der Waals surface area contributed by atoms with E-state index in [1.807, 2.05) is 0 Å². The van der Waals surface area contributed by atoms with Crippen molar-refractivity contribution in [1.29, 1.82) is 0 Å². The van der Waals surface area contributed by atoms with Crippen LogP contribution in [0.3, 0.4) is 0 Å². The lowest BCUT2D eigenvalue weighted by Crippen LogP contribution is -1.99. The second-order valence-electron chi connectivity index (χ2n) is 5.19. The van der Waals surface area contributed by atoms with E-state index in [2.05, 4.69) is 65.0 Å². The lowest BCUT2D eigenvalue weighted by Gasteiger charge is -2.05. The third-order valence-corrected chi connectivity index (χ3v) is 3.94. The molecule has 0 atom stereocenters. The molecular formula is C17H18N2S. The fourth-order valence-electron chi connectivity index (χ4n) is 2.57. The van der Waals surface area contributed by atoms with Gasteiger partial charge < -0.3 is 9.55 Å². The number of fused-ring (bicyclic) bond motifs is 1. The van der Waals surface area contributed by atoms with E-state index in [0.717, 1.165) is 29.7 Å². The van der Waals surface area contributed by atoms with Crippen LogP contribution in [0.15, 0.2) is 48.5 Å². The normalized spacial score (nSPS) is 11.1. The Balaban J connectivity index is 1.79. The highest BCUT2D eigenvalue weighted by atomic mass is 32.1. The van der Waals surface area contributed by atoms with Gasteiger partial charge in [-0.15, -0.1) is 0 Å². The summed E-state index contributed by atoms with van der Waals surface area (Å²) >= 11 is 5.43. The number of hydrogen-bond acceptors (Lipinski definition) is 1. The molecule has 0 saturated heterocycles. The second kappa shape index (κ2) is 5.63. The van der Waals surface area contributed by atoms with Gasteiger partial charge in [0.05, 0.1) is 11.0 Å². The van der Waals surface area contributed by atoms with Crippen LogP contribution in [0.5, 0.6) is 0 Å². The van der Waals surface area contributed by atoms with Crippen molar-refractivity contribution >= 4 is 23.3 Å². The molecule has 0 unspecified atom stereocenters. The first kappa shape index (κ1) is 13.1. The van der Waals surface area contributed by atoms with Crippen LogP contribution in [0.25, 0.3) is 11.0 Å². The molecule has 0 spiro atoms. The molecule has 0 amide bonds. The maximum atomic E-state index is 5.43. The molecular weight excluding hydrogens is 264 g/mol. The molecule has 3 rings (SSSR count). The monoisotopic (exact) mass is 282 g/mol. The molecule has 20 heavy (non-hydrogen) atoms. The first-order valence-corrected chi connectivity index (χ1v) is 7.38. The number of nitrogens with one attached hydrogen (secondary N) is 1. The third kappa shape index (κ3) is 2.68. The Bertz CT molecular complexity index is 769. The molecule has 0 aliphatic heterocycles. The first-order valence-electron chi connectivity index (χ1n) is 6.97. The van der Waals surface area contributed by atoms with Crippen molar-refractivity contribution in [2.75, 3.05) is 0 Å². The molecule has 3 heteroatoms. The summed E-state index contributed by atoms with van der Waals surface area (Å²) in [6.45, 7) is 3.07. The number of aryl methyl sites for hydroxylation is 3. The number of imidazole rings is 1. The molecule has 1 heterocycles. The molecule has 2 nitrogen and oxygen atoms in total. The second-order valence-corrected chi connectivity index (χ2v) is 5.58. The molecule has 0 radical (unpaired) electrons. The van der Waals surface area contributed by atoms with Gasteiger partial charge in [0.2, 0.25) is 0 Å². The SMILES string of the molecule is Cc1ccc2[nH]c(=S)n(CCCc3ccccc3)c2c1. The van der Waals surface area contributed by atoms with E-state index in [9.17, 15) is 0 Å². The molecule has 0 saturated carbocycles. The minimum Gasteiger partial charge on any atom is -0.331 e. The fraction of sp³-hybridized carbons (Fsp3) is 0.235. The fourth-order valence-corrected chi connectivity index (χ4v) is 2.87. The third-order valence-electron chi connectivity index (χ3n) is 3.62. The Morgan fingerprint density at radius 2 is 1.90 bits per heavy atom. The van der Waals surface area contributed by atoms with Gasteiger partial charge in [-0.3, -0.25) is 0 Å². The van der Waals surface area contributed by atoms with Gasteiger partial charge in [-0.25, -0.2) is 0 Å². The van der Waals surface area contributed by atoms with Gasteiger partial charge in [-0.05, 0) is 55.2 Å². The van der Waals surface area contributed by atoms with E-state index in [-0.39, 0.29) is 0 Å². The molecule has 0 fully saturated rings. The Kier molecular flexibility index (Phi) is 3.70. The van der Waals surface area contributed by atoms with Gasteiger partial charge in [0.25, 0.3) is 0 Å². The van der Waals surface area contributed by atoms with Crippen molar-refractivity contribution < 1.29 is 0 Å². The van der Waals surface area contributed by atoms with Crippen LogP contribution in [0.1, 0.15) is 17.5 Å². The molecule has 3 aromatic rings. The number of aromatic nitrogens is 2. The number of H-pyrrole nitrogens is 1. The highest BCUT2D eigenvalue weighted by Gasteiger charge is 2.04. The Labute approximate surface area is 124 Å². The van der Waals surface area contributed by atoms with Crippen molar-refractivity contribution in [2.24, 2.45) is 0 Å². The van der Waals surface area contributed by atoms with E-state index >= 15 is 0 Å². The maximum Gasteiger partial charge on any atom is 0.178 e. The van der Waals surface area contributed by atoms with Crippen LogP contribution in [0, 0.1) is 11.7 Å². The topological polar surface area (TPSA) is 20.7 Å². The van der Waals surface area contributed by atoms with Gasteiger partial charge >= 0.3 is 0 Å². The van der Waals surface area contributed by atoms with Crippen molar-refractivity contribution in [2.45, 2.75) is 26.3 Å². The standard InChI is InChI=1S/C17H18N2S/c1-13-9-10-15-16(12-13)19(17(20)18-15)11-5-8-14-6-3-2-4-7-14/h2-4,6-7,9-10,12H,5,8,11H2,1H3,(H,18,20). The molecule has 0 bridgehead atoms. The van der Waals surface area contributed by atoms with E-state index < -0.39 is 0 Å². The number of aromatic amines is 1. The summed E-state index contributed by atoms with van der Waals surface area (Å²) in [5.74, 6) is 0. The van der Waals surface area contributed by atoms with Gasteiger partial charge in [0, 0.05) is 6.54 Å². The summed E-state index contributed by atoms with van der Waals surface area (Å²) in [4.78, 5) is 3.28. The smallest absolute Gasteiger partial charge is 0.178 e. The van der Waals surface area contributed by atoms with Gasteiger partial charge in [-0.1, -0.05) is 36.4 Å². The molecule has 1 aromatic heterocycles. The van der Waals surface area contributed by atoms with Crippen molar-refractivity contribution in [3.05, 3.63) is 64.4 Å². The number of nitrogens with zero attached hydrogens (tertiary/aromatic N) is 1. The van der Waals surface area contributed by atoms with Crippen LogP contribution >= 0.6 is 12.2 Å². The first-order chi connectivity index (χ1) is 9.74. The lowest BCUT2D eigenvalue weighted by molar-refractivity contribution is 0.650. The molecule has 1 N–H and O–H groups in total. The Morgan fingerprint density at radius 3 is 2.70 bits per heavy atom. The van der Waals surface area contributed by atoms with Crippen LogP contribution in [0.4, 0.5) is 0 Å². The summed E-state index contributed by atoms with van der Waals surface area (Å²) in [5, 5.41) is 0. The van der Waals surface area contributed by atoms with E-state index in [4.69, 9.17) is 12.2 Å². The van der Waals surface area contributed by atoms with Crippen LogP contribution in [-0.4, -0.2) is 9.55 Å². The van der Waals surface area contributed by atoms with Crippen LogP contribution in [0.2, 0.25) is 0 Å². The Morgan fingerprint density at radius 1 is 1.10 bits per heavy atom. The van der Waals surface area contributed by atoms with Crippen LogP contribution < -0.4 is 0 Å². The molecule has 0 aliphatic rings. The quantitative estimate of drug-likeness (QED) is 0.691. The summed E-state index contributed by atoms with van der Waals surface area (Å²) in [5.41, 5.74) is 4.99. The number of hydrogen-bond donors (Lipinski definition) is 1. The van der Waals surface area contributed by atoms with Gasteiger partial charge in [-0.2, -0.15) is 0 Å². The number of benzene rings is 2. The summed E-state index contributed by atoms with van der Waals surface area (Å²) in [6, 6.07) is 17.0. The predicted molar refractivity (Wildman–Crippen MR) is 86.6 cm³/mol. The van der Waals surface area contributed by atoms with Crippen LogP contribution in [-0.2, 0) is 13.0 Å². The predicted octanol–water partition coefficient (Wildman–Crippen LogP) is 4.64. The summed E-state index contributed by atoms with van der Waals surface area (Å²) < 4.78 is 3.03. The lowest BCUT2D eigenvalue weighted by atomic mass is 10.1. The average molecular weight is 282 g/mol. The van der Waals surface area contributed by atoms with Crippen molar-refractivity contribution in [3.8, 4) is 0 Å². The zero-order valence-corrected chi connectivity index (χ0v) is 12.4. The Hall–Kier alpha value is -1.87. The van der Waals surface area contributed by atoms with Crippen molar-refractivity contribution in [3.63, 3.8) is 0 Å². The molecule has 0 aliphatic carbocycles. The largest absolute Gasteiger partial charge is 0.331 e. The van der Waals surface area contributed by atoms with E-state index in [1.54, 1.807) is 0 Å². The van der Waals surface area contributed by atoms with E-state index in [0.29, 0.717) is 0 Å². The zero-order chi connectivity index (χ0) is 13.9. The average Bonchev–Trinajstić information content (AvgIpc) is 2.76. The maximum absolute atomic E-state index is 5.43. The van der Waals surface area contributed by atoms with E-state index in [1.165, 1.54) is 16.6 Å². The van der Waals surface area contributed by atoms with Gasteiger partial charge in [0.1, 0.15) is 0 Å². The molecule has 2 aromatic carbocycles. The highest BCUT2D eigenvalue weighted by Crippen LogP contribution is 2.17. The summed E-state index contributed by atoms with van der Waals surface area (Å²) in [7, 11) is 0. The minimum atomic E-state index is 0.818. The van der Waals surface area contributed by atoms with Crippen molar-refractivity contribution in [1.82, 2.24) is 9.55 Å².